The first-order chi connectivity index (χ1) is 9.74. The molecule has 1 aromatic rings. The molecule has 0 fully saturated rings. The molecule has 0 unspecified atom stereocenters. The summed E-state index contributed by atoms with van der Waals surface area (Å²) in [4.78, 5) is 24.8. The van der Waals surface area contributed by atoms with Gasteiger partial charge in [0.2, 0.25) is 5.91 Å². The lowest BCUT2D eigenvalue weighted by molar-refractivity contribution is -0.121. The van der Waals surface area contributed by atoms with Crippen LogP contribution in [0.4, 0.5) is 0 Å². The Labute approximate surface area is 131 Å². The average Bonchev–Trinajstić information content (AvgIpc) is 2.43. The molecule has 1 rings (SSSR count). The van der Waals surface area contributed by atoms with E-state index in [1.54, 1.807) is 23.9 Å². The molecule has 0 bridgehead atoms. The molecule has 0 radical (unpaired) electrons. The Hall–Kier alpha value is -1.49. The van der Waals surface area contributed by atoms with Gasteiger partial charge >= 0.3 is 0 Å². The van der Waals surface area contributed by atoms with Crippen LogP contribution in [0.3, 0.4) is 0 Å². The SMILES string of the molecule is CSc1ccc(C(=O)NCC(=O)N[C@H](C)C(C)(C)C)cc1. The molecule has 2 N–H and O–H groups in total. The van der Waals surface area contributed by atoms with E-state index < -0.39 is 0 Å². The Balaban J connectivity index is 2.47. The second kappa shape index (κ2) is 7.50. The van der Waals surface area contributed by atoms with E-state index in [4.69, 9.17) is 0 Å². The van der Waals surface area contributed by atoms with Gasteiger partial charge in [-0.3, -0.25) is 9.59 Å². The molecule has 4 nitrogen and oxygen atoms in total. The van der Waals surface area contributed by atoms with Crippen molar-refractivity contribution in [2.24, 2.45) is 5.41 Å². The lowest BCUT2D eigenvalue weighted by atomic mass is 9.88. The largest absolute Gasteiger partial charge is 0.352 e. The third-order valence-corrected chi connectivity index (χ3v) is 4.18. The third kappa shape index (κ3) is 5.79. The Morgan fingerprint density at radius 3 is 2.24 bits per heavy atom. The number of amides is 2. The second-order valence-electron chi connectivity index (χ2n) is 6.07. The van der Waals surface area contributed by atoms with Crippen molar-refractivity contribution in [2.45, 2.75) is 38.6 Å². The maximum absolute atomic E-state index is 11.9. The van der Waals surface area contributed by atoms with E-state index in [1.165, 1.54) is 0 Å². The van der Waals surface area contributed by atoms with E-state index in [1.807, 2.05) is 25.3 Å². The highest BCUT2D eigenvalue weighted by atomic mass is 32.2. The molecule has 5 heteroatoms. The zero-order valence-electron chi connectivity index (χ0n) is 13.3. The van der Waals surface area contributed by atoms with Crippen molar-refractivity contribution < 1.29 is 9.59 Å². The van der Waals surface area contributed by atoms with Crippen LogP contribution in [-0.4, -0.2) is 30.7 Å². The first-order valence-electron chi connectivity index (χ1n) is 6.95. The molecule has 0 aliphatic heterocycles. The fraction of sp³-hybridized carbons (Fsp3) is 0.500. The van der Waals surface area contributed by atoms with Gasteiger partial charge in [0.1, 0.15) is 0 Å². The maximum Gasteiger partial charge on any atom is 0.251 e. The molecule has 1 atom stereocenters. The Kier molecular flexibility index (Phi) is 6.27. The Morgan fingerprint density at radius 2 is 1.76 bits per heavy atom. The van der Waals surface area contributed by atoms with Crippen molar-refractivity contribution in [3.05, 3.63) is 29.8 Å². The van der Waals surface area contributed by atoms with Gasteiger partial charge in [-0.1, -0.05) is 20.8 Å². The van der Waals surface area contributed by atoms with Gasteiger partial charge in [-0.15, -0.1) is 11.8 Å². The monoisotopic (exact) mass is 308 g/mol. The van der Waals surface area contributed by atoms with E-state index in [9.17, 15) is 9.59 Å². The highest BCUT2D eigenvalue weighted by Gasteiger charge is 2.21. The molecule has 0 saturated carbocycles. The summed E-state index contributed by atoms with van der Waals surface area (Å²) in [6, 6.07) is 7.35. The minimum atomic E-state index is -0.235. The van der Waals surface area contributed by atoms with Crippen LogP contribution in [0.15, 0.2) is 29.2 Å². The van der Waals surface area contributed by atoms with Crippen LogP contribution in [-0.2, 0) is 4.79 Å². The molecule has 2 amide bonds. The second-order valence-corrected chi connectivity index (χ2v) is 6.95. The minimum Gasteiger partial charge on any atom is -0.352 e. The maximum atomic E-state index is 11.9. The number of carbonyl (C=O) groups is 2. The van der Waals surface area contributed by atoms with E-state index >= 15 is 0 Å². The first kappa shape index (κ1) is 17.6. The topological polar surface area (TPSA) is 58.2 Å². The van der Waals surface area contributed by atoms with Crippen molar-refractivity contribution in [1.82, 2.24) is 10.6 Å². The molecule has 0 aromatic heterocycles. The highest BCUT2D eigenvalue weighted by molar-refractivity contribution is 7.98. The van der Waals surface area contributed by atoms with Crippen LogP contribution in [0.1, 0.15) is 38.1 Å². The molecule has 0 saturated heterocycles. The first-order valence-corrected chi connectivity index (χ1v) is 8.18. The predicted octanol–water partition coefficient (Wildman–Crippen LogP) is 2.69. The van der Waals surface area contributed by atoms with Gasteiger partial charge in [0, 0.05) is 16.5 Å². The number of hydrogen-bond donors (Lipinski definition) is 2. The third-order valence-electron chi connectivity index (χ3n) is 3.44. The van der Waals surface area contributed by atoms with Crippen LogP contribution in [0.25, 0.3) is 0 Å². The van der Waals surface area contributed by atoms with Crippen LogP contribution in [0, 0.1) is 5.41 Å². The number of hydrogen-bond acceptors (Lipinski definition) is 3. The van der Waals surface area contributed by atoms with E-state index in [2.05, 4.69) is 31.4 Å². The van der Waals surface area contributed by atoms with E-state index in [0.717, 1.165) is 4.90 Å². The summed E-state index contributed by atoms with van der Waals surface area (Å²) in [6.45, 7) is 8.13. The highest BCUT2D eigenvalue weighted by Crippen LogP contribution is 2.18. The van der Waals surface area contributed by atoms with Gasteiger partial charge in [0.25, 0.3) is 5.91 Å². The minimum absolute atomic E-state index is 0.00663. The summed E-state index contributed by atoms with van der Waals surface area (Å²) in [7, 11) is 0. The van der Waals surface area contributed by atoms with Crippen molar-refractivity contribution in [1.29, 1.82) is 0 Å². The van der Waals surface area contributed by atoms with Crippen LogP contribution < -0.4 is 10.6 Å². The zero-order chi connectivity index (χ0) is 16.0. The van der Waals surface area contributed by atoms with Crippen molar-refractivity contribution >= 4 is 23.6 Å². The van der Waals surface area contributed by atoms with Gasteiger partial charge in [-0.2, -0.15) is 0 Å². The summed E-state index contributed by atoms with van der Waals surface area (Å²) in [6.07, 6.45) is 1.98. The lowest BCUT2D eigenvalue weighted by Gasteiger charge is -2.28. The predicted molar refractivity (Wildman–Crippen MR) is 87.6 cm³/mol. The standard InChI is InChI=1S/C16H24N2O2S/c1-11(16(2,3)4)18-14(19)10-17-15(20)12-6-8-13(21-5)9-7-12/h6-9,11H,10H2,1-5H3,(H,17,20)(H,18,19)/t11-/m1/s1. The van der Waals surface area contributed by atoms with Crippen molar-refractivity contribution in [3.63, 3.8) is 0 Å². The van der Waals surface area contributed by atoms with Crippen molar-refractivity contribution in [3.8, 4) is 0 Å². The summed E-state index contributed by atoms with van der Waals surface area (Å²) in [5, 5.41) is 5.52. The smallest absolute Gasteiger partial charge is 0.251 e. The Bertz CT molecular complexity index is 492. The fourth-order valence-corrected chi connectivity index (χ4v) is 1.92. The summed E-state index contributed by atoms with van der Waals surface area (Å²) in [5.74, 6) is -0.410. The number of benzene rings is 1. The van der Waals surface area contributed by atoms with Crippen LogP contribution in [0.2, 0.25) is 0 Å². The molecule has 0 spiro atoms. The fourth-order valence-electron chi connectivity index (χ4n) is 1.51. The zero-order valence-corrected chi connectivity index (χ0v) is 14.1. The molecular weight excluding hydrogens is 284 g/mol. The van der Waals surface area contributed by atoms with Gasteiger partial charge in [-0.25, -0.2) is 0 Å². The molecule has 1 aromatic carbocycles. The van der Waals surface area contributed by atoms with E-state index in [0.29, 0.717) is 5.56 Å². The number of nitrogens with one attached hydrogen (secondary N) is 2. The Morgan fingerprint density at radius 1 is 1.19 bits per heavy atom. The summed E-state index contributed by atoms with van der Waals surface area (Å²) >= 11 is 1.62. The summed E-state index contributed by atoms with van der Waals surface area (Å²) in [5.41, 5.74) is 0.553. The summed E-state index contributed by atoms with van der Waals surface area (Å²) < 4.78 is 0. The number of carbonyl (C=O) groups excluding carboxylic acids is 2. The normalized spacial score (nSPS) is 12.6. The molecule has 0 aliphatic rings. The lowest BCUT2D eigenvalue weighted by Crippen LogP contribution is -2.45. The molecular formula is C16H24N2O2S. The van der Waals surface area contributed by atoms with Crippen LogP contribution in [0.5, 0.6) is 0 Å². The molecule has 116 valence electrons. The van der Waals surface area contributed by atoms with Crippen LogP contribution >= 0.6 is 11.8 Å². The number of rotatable bonds is 5. The van der Waals surface area contributed by atoms with Crippen molar-refractivity contribution in [2.75, 3.05) is 12.8 Å². The van der Waals surface area contributed by atoms with Gasteiger partial charge in [0.15, 0.2) is 0 Å². The molecule has 21 heavy (non-hydrogen) atoms. The quantitative estimate of drug-likeness (QED) is 0.822. The van der Waals surface area contributed by atoms with Gasteiger partial charge in [-0.05, 0) is 42.9 Å². The van der Waals surface area contributed by atoms with Gasteiger partial charge in [0.05, 0.1) is 6.54 Å². The van der Waals surface area contributed by atoms with E-state index in [-0.39, 0.29) is 29.8 Å². The average molecular weight is 308 g/mol. The molecule has 0 aliphatic carbocycles. The van der Waals surface area contributed by atoms with Gasteiger partial charge < -0.3 is 10.6 Å². The number of thioether (sulfide) groups is 1. The molecule has 0 heterocycles.